The number of carboxylic acid groups (broad SMARTS) is 1. The lowest BCUT2D eigenvalue weighted by Crippen LogP contribution is -2.21. The summed E-state index contributed by atoms with van der Waals surface area (Å²) in [5, 5.41) is 8.52. The van der Waals surface area contributed by atoms with Gasteiger partial charge in [-0.15, -0.1) is 0 Å². The summed E-state index contributed by atoms with van der Waals surface area (Å²) in [7, 11) is 0. The molecule has 80 valence electrons. The first-order valence-electron chi connectivity index (χ1n) is 4.76. The van der Waals surface area contributed by atoms with Crippen LogP contribution in [0, 0.1) is 5.92 Å². The molecular formula is C10H16O4. The predicted octanol–water partition coefficient (Wildman–Crippen LogP) is 1.07. The van der Waals surface area contributed by atoms with E-state index in [1.165, 1.54) is 0 Å². The molecular weight excluding hydrogens is 184 g/mol. The van der Waals surface area contributed by atoms with Crippen LogP contribution in [-0.4, -0.2) is 37.5 Å². The summed E-state index contributed by atoms with van der Waals surface area (Å²) in [6.45, 7) is 5.68. The van der Waals surface area contributed by atoms with Crippen LogP contribution in [0.3, 0.4) is 0 Å². The van der Waals surface area contributed by atoms with Crippen molar-refractivity contribution in [2.24, 2.45) is 5.92 Å². The third-order valence-electron chi connectivity index (χ3n) is 2.27. The van der Waals surface area contributed by atoms with Gasteiger partial charge in [0.15, 0.2) is 0 Å². The van der Waals surface area contributed by atoms with Crippen LogP contribution in [0.5, 0.6) is 0 Å². The number of hydrogen-bond acceptors (Lipinski definition) is 3. The Morgan fingerprint density at radius 3 is 2.71 bits per heavy atom. The van der Waals surface area contributed by atoms with Crippen molar-refractivity contribution in [1.82, 2.24) is 0 Å². The van der Waals surface area contributed by atoms with Gasteiger partial charge in [0.05, 0.1) is 18.8 Å². The molecule has 1 rings (SSSR count). The molecule has 1 heterocycles. The highest BCUT2D eigenvalue weighted by Crippen LogP contribution is 2.14. The minimum absolute atomic E-state index is 0.108. The summed E-state index contributed by atoms with van der Waals surface area (Å²) in [4.78, 5) is 10.4. The van der Waals surface area contributed by atoms with Gasteiger partial charge in [-0.1, -0.05) is 6.58 Å². The monoisotopic (exact) mass is 200 g/mol. The molecule has 0 bridgehead atoms. The number of hydrogen-bond donors (Lipinski definition) is 1. The summed E-state index contributed by atoms with van der Waals surface area (Å²) < 4.78 is 10.5. The minimum Gasteiger partial charge on any atom is -0.478 e. The highest BCUT2D eigenvalue weighted by atomic mass is 16.5. The second kappa shape index (κ2) is 5.78. The van der Waals surface area contributed by atoms with Crippen LogP contribution in [0.2, 0.25) is 0 Å². The Hall–Kier alpha value is -0.870. The fourth-order valence-electron chi connectivity index (χ4n) is 1.32. The van der Waals surface area contributed by atoms with Crippen molar-refractivity contribution in [3.05, 3.63) is 12.2 Å². The van der Waals surface area contributed by atoms with Gasteiger partial charge in [-0.25, -0.2) is 4.79 Å². The van der Waals surface area contributed by atoms with Gasteiger partial charge in [0.25, 0.3) is 0 Å². The van der Waals surface area contributed by atoms with E-state index < -0.39 is 5.97 Å². The van der Waals surface area contributed by atoms with Crippen molar-refractivity contribution < 1.29 is 19.4 Å². The van der Waals surface area contributed by atoms with E-state index in [4.69, 9.17) is 14.6 Å². The van der Waals surface area contributed by atoms with E-state index in [-0.39, 0.29) is 12.2 Å². The average molecular weight is 200 g/mol. The molecule has 0 aromatic heterocycles. The van der Waals surface area contributed by atoms with Crippen LogP contribution in [0.15, 0.2) is 12.2 Å². The van der Waals surface area contributed by atoms with Crippen LogP contribution in [0.4, 0.5) is 0 Å². The van der Waals surface area contributed by atoms with Gasteiger partial charge in [-0.2, -0.15) is 0 Å². The van der Waals surface area contributed by atoms with Crippen molar-refractivity contribution in [3.63, 3.8) is 0 Å². The Bertz CT molecular complexity index is 206. The molecule has 0 aromatic carbocycles. The van der Waals surface area contributed by atoms with E-state index in [0.29, 0.717) is 12.5 Å². The van der Waals surface area contributed by atoms with Gasteiger partial charge < -0.3 is 14.6 Å². The number of ether oxygens (including phenoxy) is 2. The molecule has 1 N–H and O–H groups in total. The van der Waals surface area contributed by atoms with Gasteiger partial charge in [0, 0.05) is 13.2 Å². The molecule has 0 spiro atoms. The molecule has 4 heteroatoms. The smallest absolute Gasteiger partial charge is 0.333 e. The average Bonchev–Trinajstić information content (AvgIpc) is 2.19. The third-order valence-corrected chi connectivity index (χ3v) is 2.27. The first kappa shape index (κ1) is 11.2. The lowest BCUT2D eigenvalue weighted by molar-refractivity contribution is -0.133. The normalized spacial score (nSPS) is 18.0. The molecule has 0 radical (unpaired) electrons. The van der Waals surface area contributed by atoms with Gasteiger partial charge in [-0.3, -0.25) is 0 Å². The summed E-state index contributed by atoms with van der Waals surface area (Å²) >= 11 is 0. The molecule has 0 aliphatic carbocycles. The topological polar surface area (TPSA) is 55.8 Å². The molecule has 1 saturated heterocycles. The highest BCUT2D eigenvalue weighted by molar-refractivity contribution is 5.85. The highest BCUT2D eigenvalue weighted by Gasteiger charge is 2.14. The SMILES string of the molecule is C=C(COCC1CCOCC1)C(=O)O. The van der Waals surface area contributed by atoms with E-state index in [1.807, 2.05) is 0 Å². The van der Waals surface area contributed by atoms with Crippen molar-refractivity contribution in [2.45, 2.75) is 12.8 Å². The Morgan fingerprint density at radius 1 is 1.50 bits per heavy atom. The maximum absolute atomic E-state index is 10.4. The Balaban J connectivity index is 2.08. The fourth-order valence-corrected chi connectivity index (χ4v) is 1.32. The largest absolute Gasteiger partial charge is 0.478 e. The van der Waals surface area contributed by atoms with E-state index in [0.717, 1.165) is 26.1 Å². The first-order chi connectivity index (χ1) is 6.70. The summed E-state index contributed by atoms with van der Waals surface area (Å²) in [5.41, 5.74) is 0.108. The molecule has 14 heavy (non-hydrogen) atoms. The summed E-state index contributed by atoms with van der Waals surface area (Å²) in [6, 6.07) is 0. The fraction of sp³-hybridized carbons (Fsp3) is 0.700. The molecule has 0 saturated carbocycles. The van der Waals surface area contributed by atoms with Gasteiger partial charge in [0.1, 0.15) is 0 Å². The molecule has 0 amide bonds. The summed E-state index contributed by atoms with van der Waals surface area (Å²) in [5.74, 6) is -0.484. The Morgan fingerprint density at radius 2 is 2.14 bits per heavy atom. The van der Waals surface area contributed by atoms with E-state index in [1.54, 1.807) is 0 Å². The van der Waals surface area contributed by atoms with Crippen molar-refractivity contribution in [2.75, 3.05) is 26.4 Å². The number of rotatable bonds is 5. The molecule has 0 aromatic rings. The quantitative estimate of drug-likeness (QED) is 0.674. The van der Waals surface area contributed by atoms with Crippen LogP contribution in [-0.2, 0) is 14.3 Å². The molecule has 0 unspecified atom stereocenters. The molecule has 1 aliphatic heterocycles. The van der Waals surface area contributed by atoms with Crippen molar-refractivity contribution >= 4 is 5.97 Å². The van der Waals surface area contributed by atoms with Crippen LogP contribution < -0.4 is 0 Å². The second-order valence-electron chi connectivity index (χ2n) is 3.48. The molecule has 1 fully saturated rings. The van der Waals surface area contributed by atoms with Crippen LogP contribution >= 0.6 is 0 Å². The zero-order valence-electron chi connectivity index (χ0n) is 8.20. The minimum atomic E-state index is -0.989. The second-order valence-corrected chi connectivity index (χ2v) is 3.48. The lowest BCUT2D eigenvalue weighted by atomic mass is 10.0. The van der Waals surface area contributed by atoms with E-state index in [2.05, 4.69) is 6.58 Å². The predicted molar refractivity (Wildman–Crippen MR) is 51.1 cm³/mol. The lowest BCUT2D eigenvalue weighted by Gasteiger charge is -2.21. The van der Waals surface area contributed by atoms with Crippen molar-refractivity contribution in [1.29, 1.82) is 0 Å². The van der Waals surface area contributed by atoms with E-state index in [9.17, 15) is 4.79 Å². The maximum atomic E-state index is 10.4. The number of carboxylic acids is 1. The Labute approximate surface area is 83.5 Å². The molecule has 4 nitrogen and oxygen atoms in total. The van der Waals surface area contributed by atoms with Gasteiger partial charge >= 0.3 is 5.97 Å². The van der Waals surface area contributed by atoms with Gasteiger partial charge in [0.2, 0.25) is 0 Å². The zero-order chi connectivity index (χ0) is 10.4. The summed E-state index contributed by atoms with van der Waals surface area (Å²) in [6.07, 6.45) is 2.00. The standard InChI is InChI=1S/C10H16O4/c1-8(10(11)12)6-14-7-9-2-4-13-5-3-9/h9H,1-7H2,(H,11,12). The third kappa shape index (κ3) is 3.89. The van der Waals surface area contributed by atoms with Crippen LogP contribution in [0.25, 0.3) is 0 Å². The molecule has 1 aliphatic rings. The maximum Gasteiger partial charge on any atom is 0.333 e. The first-order valence-corrected chi connectivity index (χ1v) is 4.76. The Kier molecular flexibility index (Phi) is 4.62. The van der Waals surface area contributed by atoms with Crippen molar-refractivity contribution in [3.8, 4) is 0 Å². The zero-order valence-corrected chi connectivity index (χ0v) is 8.20. The van der Waals surface area contributed by atoms with Gasteiger partial charge in [-0.05, 0) is 18.8 Å². The van der Waals surface area contributed by atoms with E-state index >= 15 is 0 Å². The number of carbonyl (C=O) groups is 1. The number of aliphatic carboxylic acids is 1. The van der Waals surface area contributed by atoms with Crippen LogP contribution in [0.1, 0.15) is 12.8 Å². The molecule has 0 atom stereocenters.